The number of anilines is 1. The fourth-order valence-electron chi connectivity index (χ4n) is 3.53. The molecule has 0 atom stereocenters. The van der Waals surface area contributed by atoms with Crippen LogP contribution in [0.25, 0.3) is 16.6 Å². The first-order valence-corrected chi connectivity index (χ1v) is 9.78. The summed E-state index contributed by atoms with van der Waals surface area (Å²) in [5.41, 5.74) is 2.62. The highest BCUT2D eigenvalue weighted by Crippen LogP contribution is 2.25. The van der Waals surface area contributed by atoms with Gasteiger partial charge in [-0.15, -0.1) is 5.10 Å². The molecule has 3 heterocycles. The molecule has 0 amide bonds. The van der Waals surface area contributed by atoms with E-state index in [-0.39, 0.29) is 12.4 Å². The summed E-state index contributed by atoms with van der Waals surface area (Å²) in [6, 6.07) is 14.7. The quantitative estimate of drug-likeness (QED) is 0.507. The largest absolute Gasteiger partial charge is 0.485 e. The molecule has 2 aromatic heterocycles. The van der Waals surface area contributed by atoms with E-state index < -0.39 is 0 Å². The number of para-hydroxylation sites is 1. The molecule has 0 unspecified atom stereocenters. The fraction of sp³-hybridized carbons (Fsp3) is 0.227. The van der Waals surface area contributed by atoms with Crippen molar-refractivity contribution in [3.05, 3.63) is 72.4 Å². The molecule has 1 aliphatic rings. The van der Waals surface area contributed by atoms with Crippen LogP contribution in [0.3, 0.4) is 0 Å². The average Bonchev–Trinajstić information content (AvgIpc) is 3.27. The van der Waals surface area contributed by atoms with Crippen molar-refractivity contribution in [2.75, 3.05) is 31.2 Å². The number of halogens is 1. The Morgan fingerprint density at radius 3 is 2.80 bits per heavy atom. The van der Waals surface area contributed by atoms with Crippen LogP contribution in [0, 0.1) is 5.82 Å². The molecular weight excluding hydrogens is 385 g/mol. The second-order valence-corrected chi connectivity index (χ2v) is 7.01. The second-order valence-electron chi connectivity index (χ2n) is 7.01. The van der Waals surface area contributed by atoms with Crippen molar-refractivity contribution in [2.45, 2.75) is 6.61 Å². The molecule has 0 saturated carbocycles. The summed E-state index contributed by atoms with van der Waals surface area (Å²) in [4.78, 5) is 6.37. The predicted octanol–water partition coefficient (Wildman–Crippen LogP) is 3.37. The van der Waals surface area contributed by atoms with Crippen molar-refractivity contribution in [1.29, 1.82) is 0 Å². The van der Waals surface area contributed by atoms with Crippen LogP contribution in [-0.4, -0.2) is 46.3 Å². The van der Waals surface area contributed by atoms with Gasteiger partial charge in [-0.2, -0.15) is 0 Å². The van der Waals surface area contributed by atoms with E-state index in [0.717, 1.165) is 10.9 Å². The van der Waals surface area contributed by atoms with Gasteiger partial charge in [0.25, 0.3) is 0 Å². The normalized spacial score (nSPS) is 14.2. The summed E-state index contributed by atoms with van der Waals surface area (Å²) in [6.45, 7) is 2.83. The first-order valence-electron chi connectivity index (χ1n) is 9.78. The van der Waals surface area contributed by atoms with Crippen LogP contribution in [-0.2, 0) is 11.3 Å². The zero-order valence-electron chi connectivity index (χ0n) is 16.2. The smallest absolute Gasteiger partial charge is 0.148 e. The molecule has 0 bridgehead atoms. The van der Waals surface area contributed by atoms with E-state index in [4.69, 9.17) is 9.47 Å². The minimum absolute atomic E-state index is 0.240. The van der Waals surface area contributed by atoms with Gasteiger partial charge in [-0.05, 0) is 24.3 Å². The number of hydrogen-bond acceptors (Lipinski definition) is 6. The highest BCUT2D eigenvalue weighted by Gasteiger charge is 2.16. The first kappa shape index (κ1) is 18.5. The zero-order valence-corrected chi connectivity index (χ0v) is 16.2. The summed E-state index contributed by atoms with van der Waals surface area (Å²) in [7, 11) is 0. The van der Waals surface area contributed by atoms with Crippen LogP contribution in [0.5, 0.6) is 5.75 Å². The Kier molecular flexibility index (Phi) is 4.98. The third-order valence-corrected chi connectivity index (χ3v) is 5.06. The maximum absolute atomic E-state index is 14.7. The highest BCUT2D eigenvalue weighted by molar-refractivity contribution is 5.84. The molecule has 5 rings (SSSR count). The van der Waals surface area contributed by atoms with Gasteiger partial charge in [0.05, 0.1) is 30.8 Å². The van der Waals surface area contributed by atoms with E-state index in [2.05, 4.69) is 15.3 Å². The van der Waals surface area contributed by atoms with Crippen molar-refractivity contribution >= 4 is 16.6 Å². The third-order valence-electron chi connectivity index (χ3n) is 5.06. The topological polar surface area (TPSA) is 65.3 Å². The van der Waals surface area contributed by atoms with E-state index in [1.165, 1.54) is 6.07 Å². The molecule has 1 aliphatic heterocycles. The number of ether oxygens (including phenoxy) is 2. The molecule has 2 aromatic carbocycles. The monoisotopic (exact) mass is 405 g/mol. The Morgan fingerprint density at radius 2 is 1.93 bits per heavy atom. The van der Waals surface area contributed by atoms with E-state index in [0.29, 0.717) is 49.1 Å². The molecule has 8 heteroatoms. The molecule has 1 saturated heterocycles. The molecule has 1 fully saturated rings. The first-order chi connectivity index (χ1) is 14.8. The van der Waals surface area contributed by atoms with Gasteiger partial charge in [-0.3, -0.25) is 4.98 Å². The molecule has 7 nitrogen and oxygen atoms in total. The lowest BCUT2D eigenvalue weighted by Gasteiger charge is -2.29. The van der Waals surface area contributed by atoms with Crippen LogP contribution >= 0.6 is 0 Å². The molecule has 0 aliphatic carbocycles. The van der Waals surface area contributed by atoms with Gasteiger partial charge in [0, 0.05) is 30.7 Å². The summed E-state index contributed by atoms with van der Waals surface area (Å²) in [5, 5.41) is 9.27. The average molecular weight is 405 g/mol. The number of nitrogens with zero attached hydrogens (tertiary/aromatic N) is 5. The fourth-order valence-corrected chi connectivity index (χ4v) is 3.53. The third kappa shape index (κ3) is 3.69. The van der Waals surface area contributed by atoms with Crippen LogP contribution in [0.2, 0.25) is 0 Å². The maximum Gasteiger partial charge on any atom is 0.148 e. The van der Waals surface area contributed by atoms with E-state index in [1.807, 2.05) is 41.3 Å². The van der Waals surface area contributed by atoms with E-state index >= 15 is 0 Å². The summed E-state index contributed by atoms with van der Waals surface area (Å²) >= 11 is 0. The standard InChI is InChI=1S/C22H20FN5O2/c23-19-13-18(6-7-20(19)27-9-11-29-12-10-27)28-14-17(25-26-28)15-30-21-5-1-3-16-4-2-8-24-22(16)21/h1-8,13-14H,9-12,15H2. The summed E-state index contributed by atoms with van der Waals surface area (Å²) in [5.74, 6) is 0.396. The Morgan fingerprint density at radius 1 is 1.07 bits per heavy atom. The summed E-state index contributed by atoms with van der Waals surface area (Å²) in [6.07, 6.45) is 3.47. The molecule has 30 heavy (non-hydrogen) atoms. The van der Waals surface area contributed by atoms with Crippen molar-refractivity contribution < 1.29 is 13.9 Å². The van der Waals surface area contributed by atoms with Crippen LogP contribution in [0.15, 0.2) is 60.9 Å². The number of morpholine rings is 1. The SMILES string of the molecule is Fc1cc(-n2cc(COc3cccc4cccnc34)nn2)ccc1N1CCOCC1. The Balaban J connectivity index is 1.31. The van der Waals surface area contributed by atoms with Crippen molar-refractivity contribution in [1.82, 2.24) is 20.0 Å². The molecule has 0 N–H and O–H groups in total. The van der Waals surface area contributed by atoms with Crippen LogP contribution in [0.1, 0.15) is 5.69 Å². The van der Waals surface area contributed by atoms with Crippen molar-refractivity contribution in [3.63, 3.8) is 0 Å². The Bertz CT molecular complexity index is 1170. The molecule has 152 valence electrons. The minimum Gasteiger partial charge on any atom is -0.485 e. The maximum atomic E-state index is 14.7. The number of benzene rings is 2. The number of hydrogen-bond donors (Lipinski definition) is 0. The minimum atomic E-state index is -0.287. The van der Waals surface area contributed by atoms with Gasteiger partial charge in [-0.25, -0.2) is 9.07 Å². The molecule has 4 aromatic rings. The van der Waals surface area contributed by atoms with Crippen molar-refractivity contribution in [2.24, 2.45) is 0 Å². The lowest BCUT2D eigenvalue weighted by Crippen LogP contribution is -2.36. The second kappa shape index (κ2) is 8.08. The zero-order chi connectivity index (χ0) is 20.3. The lowest BCUT2D eigenvalue weighted by molar-refractivity contribution is 0.122. The van der Waals surface area contributed by atoms with Gasteiger partial charge in [-0.1, -0.05) is 23.4 Å². The van der Waals surface area contributed by atoms with E-state index in [9.17, 15) is 4.39 Å². The Hall–Kier alpha value is -3.52. The van der Waals surface area contributed by atoms with Gasteiger partial charge in [0.1, 0.15) is 29.4 Å². The highest BCUT2D eigenvalue weighted by atomic mass is 19.1. The summed E-state index contributed by atoms with van der Waals surface area (Å²) < 4.78 is 27.5. The van der Waals surface area contributed by atoms with Crippen molar-refractivity contribution in [3.8, 4) is 11.4 Å². The van der Waals surface area contributed by atoms with E-state index in [1.54, 1.807) is 23.1 Å². The molecule has 0 spiro atoms. The van der Waals surface area contributed by atoms with Gasteiger partial charge in [0.2, 0.25) is 0 Å². The predicted molar refractivity (Wildman–Crippen MR) is 110 cm³/mol. The number of fused-ring (bicyclic) bond motifs is 1. The lowest BCUT2D eigenvalue weighted by atomic mass is 10.2. The number of rotatable bonds is 5. The van der Waals surface area contributed by atoms with Crippen LogP contribution < -0.4 is 9.64 Å². The Labute approximate surface area is 172 Å². The number of aromatic nitrogens is 4. The van der Waals surface area contributed by atoms with Gasteiger partial charge in [0.15, 0.2) is 0 Å². The van der Waals surface area contributed by atoms with Gasteiger partial charge < -0.3 is 14.4 Å². The van der Waals surface area contributed by atoms with Gasteiger partial charge >= 0.3 is 0 Å². The molecule has 0 radical (unpaired) electrons. The molecular formula is C22H20FN5O2. The van der Waals surface area contributed by atoms with Crippen LogP contribution in [0.4, 0.5) is 10.1 Å². The number of pyridine rings is 1.